The normalized spacial score (nSPS) is 20.8. The minimum Gasteiger partial charge on any atom is -0.495 e. The summed E-state index contributed by atoms with van der Waals surface area (Å²) in [6.45, 7) is 0. The maximum atomic E-state index is 12.8. The van der Waals surface area contributed by atoms with Crippen molar-refractivity contribution >= 4 is 35.5 Å². The number of carbonyl (C=O) groups excluding carboxylic acids is 3. The molecule has 7 heteroatoms. The molecule has 0 spiro atoms. The van der Waals surface area contributed by atoms with Crippen LogP contribution in [0, 0.1) is 0 Å². The van der Waals surface area contributed by atoms with Crippen LogP contribution in [0.25, 0.3) is 6.08 Å². The van der Waals surface area contributed by atoms with E-state index in [1.807, 2.05) is 0 Å². The van der Waals surface area contributed by atoms with E-state index in [1.54, 1.807) is 18.2 Å². The molecule has 0 bridgehead atoms. The monoisotopic (exact) mass is 362 g/mol. The van der Waals surface area contributed by atoms with Crippen LogP contribution in [0.4, 0.5) is 4.79 Å². The summed E-state index contributed by atoms with van der Waals surface area (Å²) in [6.07, 6.45) is 6.05. The average molecular weight is 363 g/mol. The Morgan fingerprint density at radius 1 is 1.20 bits per heavy atom. The Kier molecular flexibility index (Phi) is 5.08. The van der Waals surface area contributed by atoms with Gasteiger partial charge in [0.25, 0.3) is 11.8 Å². The van der Waals surface area contributed by atoms with Gasteiger partial charge in [0.1, 0.15) is 11.3 Å². The highest BCUT2D eigenvalue weighted by Crippen LogP contribution is 2.28. The van der Waals surface area contributed by atoms with Gasteiger partial charge in [0, 0.05) is 6.04 Å². The van der Waals surface area contributed by atoms with Gasteiger partial charge in [0.15, 0.2) is 0 Å². The second-order valence-electron chi connectivity index (χ2n) is 6.18. The van der Waals surface area contributed by atoms with Crippen LogP contribution in [-0.2, 0) is 9.59 Å². The highest BCUT2D eigenvalue weighted by atomic mass is 35.5. The van der Waals surface area contributed by atoms with Gasteiger partial charge in [-0.3, -0.25) is 19.8 Å². The minimum absolute atomic E-state index is 0.0635. The fraction of sp³-hybridized carbons (Fsp3) is 0.389. The fourth-order valence-corrected chi connectivity index (χ4v) is 3.55. The van der Waals surface area contributed by atoms with Gasteiger partial charge < -0.3 is 4.74 Å². The summed E-state index contributed by atoms with van der Waals surface area (Å²) in [7, 11) is 1.51. The van der Waals surface area contributed by atoms with Crippen LogP contribution in [0.2, 0.25) is 5.02 Å². The maximum absolute atomic E-state index is 12.8. The van der Waals surface area contributed by atoms with E-state index in [1.165, 1.54) is 18.1 Å². The van der Waals surface area contributed by atoms with E-state index in [0.29, 0.717) is 16.3 Å². The number of methoxy groups -OCH3 is 1. The second kappa shape index (κ2) is 7.27. The van der Waals surface area contributed by atoms with Crippen molar-refractivity contribution in [2.75, 3.05) is 7.11 Å². The molecule has 2 fully saturated rings. The molecule has 3 rings (SSSR count). The smallest absolute Gasteiger partial charge is 0.331 e. The summed E-state index contributed by atoms with van der Waals surface area (Å²) < 4.78 is 5.09. The third-order valence-corrected chi connectivity index (χ3v) is 4.86. The second-order valence-corrected chi connectivity index (χ2v) is 6.59. The van der Waals surface area contributed by atoms with Gasteiger partial charge in [-0.25, -0.2) is 4.79 Å². The Morgan fingerprint density at radius 3 is 2.56 bits per heavy atom. The lowest BCUT2D eigenvalue weighted by Gasteiger charge is -2.35. The molecule has 25 heavy (non-hydrogen) atoms. The molecule has 4 amide bonds. The third-order valence-electron chi connectivity index (χ3n) is 4.56. The standard InChI is InChI=1S/C18H19ClN2O4/c1-25-15-8-7-11(10-14(15)19)9-13-16(22)20-18(24)21(17(13)23)12-5-3-2-4-6-12/h7-10,12H,2-6H2,1H3,(H,20,22,24)/b13-9+. The number of urea groups is 1. The van der Waals surface area contributed by atoms with Gasteiger partial charge in [-0.1, -0.05) is 36.9 Å². The van der Waals surface area contributed by atoms with E-state index in [0.717, 1.165) is 32.1 Å². The minimum atomic E-state index is -0.686. The number of hydrogen-bond acceptors (Lipinski definition) is 4. The summed E-state index contributed by atoms with van der Waals surface area (Å²) in [5, 5.41) is 2.64. The van der Waals surface area contributed by atoms with E-state index in [2.05, 4.69) is 5.32 Å². The molecule has 0 unspecified atom stereocenters. The number of halogens is 1. The summed E-state index contributed by atoms with van der Waals surface area (Å²) in [6, 6.07) is 4.17. The number of amides is 4. The number of barbiturate groups is 1. The summed E-state index contributed by atoms with van der Waals surface area (Å²) >= 11 is 6.09. The van der Waals surface area contributed by atoms with Gasteiger partial charge in [0.05, 0.1) is 12.1 Å². The highest BCUT2D eigenvalue weighted by molar-refractivity contribution is 6.33. The Bertz CT molecular complexity index is 753. The number of benzene rings is 1. The Morgan fingerprint density at radius 2 is 1.92 bits per heavy atom. The van der Waals surface area contributed by atoms with Crippen molar-refractivity contribution < 1.29 is 19.1 Å². The number of ether oxygens (including phenoxy) is 1. The van der Waals surface area contributed by atoms with Crippen LogP contribution in [0.15, 0.2) is 23.8 Å². The molecule has 132 valence electrons. The van der Waals surface area contributed by atoms with Crippen molar-refractivity contribution in [1.29, 1.82) is 0 Å². The van der Waals surface area contributed by atoms with Crippen molar-refractivity contribution in [1.82, 2.24) is 10.2 Å². The van der Waals surface area contributed by atoms with Crippen molar-refractivity contribution in [2.45, 2.75) is 38.1 Å². The fourth-order valence-electron chi connectivity index (χ4n) is 3.28. The summed E-state index contributed by atoms with van der Waals surface area (Å²) in [5.74, 6) is -0.733. The summed E-state index contributed by atoms with van der Waals surface area (Å²) in [5.41, 5.74) is 0.522. The predicted molar refractivity (Wildman–Crippen MR) is 93.2 cm³/mol. The molecule has 1 heterocycles. The van der Waals surface area contributed by atoms with Crippen LogP contribution >= 0.6 is 11.6 Å². The van der Waals surface area contributed by atoms with Crippen LogP contribution in [0.3, 0.4) is 0 Å². The zero-order valence-corrected chi connectivity index (χ0v) is 14.6. The molecule has 1 aromatic rings. The molecule has 1 aromatic carbocycles. The van der Waals surface area contributed by atoms with Crippen LogP contribution in [-0.4, -0.2) is 35.9 Å². The van der Waals surface area contributed by atoms with Crippen molar-refractivity contribution in [2.24, 2.45) is 0 Å². The van der Waals surface area contributed by atoms with Gasteiger partial charge in [0.2, 0.25) is 0 Å². The first kappa shape index (κ1) is 17.5. The number of hydrogen-bond donors (Lipinski definition) is 1. The van der Waals surface area contributed by atoms with Crippen molar-refractivity contribution in [3.63, 3.8) is 0 Å². The molecule has 0 atom stereocenters. The molecule has 0 aromatic heterocycles. The first-order valence-electron chi connectivity index (χ1n) is 8.25. The SMILES string of the molecule is COc1ccc(/C=C2\C(=O)NC(=O)N(C3CCCCC3)C2=O)cc1Cl. The zero-order chi connectivity index (χ0) is 18.0. The molecule has 1 aliphatic carbocycles. The third kappa shape index (κ3) is 3.54. The van der Waals surface area contributed by atoms with Gasteiger partial charge in [-0.15, -0.1) is 0 Å². The lowest BCUT2D eigenvalue weighted by Crippen LogP contribution is -2.58. The number of rotatable bonds is 3. The Labute approximate surface area is 150 Å². The molecule has 0 radical (unpaired) electrons. The first-order valence-corrected chi connectivity index (χ1v) is 8.63. The Balaban J connectivity index is 1.91. The van der Waals surface area contributed by atoms with Crippen molar-refractivity contribution in [3.8, 4) is 5.75 Å². The topological polar surface area (TPSA) is 75.7 Å². The van der Waals surface area contributed by atoms with E-state index in [-0.39, 0.29) is 11.6 Å². The average Bonchev–Trinajstić information content (AvgIpc) is 2.59. The van der Waals surface area contributed by atoms with Gasteiger partial charge in [-0.05, 0) is 36.6 Å². The molecule has 2 aliphatic rings. The number of nitrogens with one attached hydrogen (secondary N) is 1. The van der Waals surface area contributed by atoms with Gasteiger partial charge in [-0.2, -0.15) is 0 Å². The van der Waals surface area contributed by atoms with Crippen LogP contribution < -0.4 is 10.1 Å². The highest BCUT2D eigenvalue weighted by Gasteiger charge is 2.40. The van der Waals surface area contributed by atoms with E-state index in [9.17, 15) is 14.4 Å². The van der Waals surface area contributed by atoms with Crippen LogP contribution in [0.1, 0.15) is 37.7 Å². The predicted octanol–water partition coefficient (Wildman–Crippen LogP) is 3.14. The molecule has 1 saturated heterocycles. The Hall–Kier alpha value is -2.34. The summed E-state index contributed by atoms with van der Waals surface area (Å²) in [4.78, 5) is 38.3. The molecule has 6 nitrogen and oxygen atoms in total. The lowest BCUT2D eigenvalue weighted by atomic mass is 9.93. The largest absolute Gasteiger partial charge is 0.495 e. The molecule has 1 N–H and O–H groups in total. The van der Waals surface area contributed by atoms with E-state index < -0.39 is 17.8 Å². The molecule has 1 saturated carbocycles. The van der Waals surface area contributed by atoms with Crippen LogP contribution in [0.5, 0.6) is 5.75 Å². The maximum Gasteiger partial charge on any atom is 0.331 e. The lowest BCUT2D eigenvalue weighted by molar-refractivity contribution is -0.132. The molecular formula is C18H19ClN2O4. The van der Waals surface area contributed by atoms with E-state index >= 15 is 0 Å². The molecule has 1 aliphatic heterocycles. The quantitative estimate of drug-likeness (QED) is 0.662. The van der Waals surface area contributed by atoms with Gasteiger partial charge >= 0.3 is 6.03 Å². The zero-order valence-electron chi connectivity index (χ0n) is 13.9. The van der Waals surface area contributed by atoms with Crippen molar-refractivity contribution in [3.05, 3.63) is 34.4 Å². The number of carbonyl (C=O) groups is 3. The van der Waals surface area contributed by atoms with E-state index in [4.69, 9.17) is 16.3 Å². The molecular weight excluding hydrogens is 344 g/mol. The number of imide groups is 2. The number of nitrogens with zero attached hydrogens (tertiary/aromatic N) is 1. The first-order chi connectivity index (χ1) is 12.0.